The summed E-state index contributed by atoms with van der Waals surface area (Å²) in [4.78, 5) is 19.8. The SMILES string of the molecule is CCOc1ccc([C@H](C)N[C@@H](C)c2nc3ccccc3c(=O)[nH]2)cc1OCC. The molecule has 148 valence electrons. The summed E-state index contributed by atoms with van der Waals surface area (Å²) in [6, 6.07) is 13.2. The Hall–Kier alpha value is -2.86. The van der Waals surface area contributed by atoms with Crippen molar-refractivity contribution in [3.63, 3.8) is 0 Å². The number of nitrogens with one attached hydrogen (secondary N) is 2. The number of para-hydroxylation sites is 1. The Morgan fingerprint density at radius 1 is 1.00 bits per heavy atom. The van der Waals surface area contributed by atoms with Gasteiger partial charge in [0.15, 0.2) is 11.5 Å². The second kappa shape index (κ2) is 8.89. The molecule has 0 unspecified atom stereocenters. The minimum Gasteiger partial charge on any atom is -0.490 e. The van der Waals surface area contributed by atoms with Crippen LogP contribution >= 0.6 is 0 Å². The molecular weight excluding hydrogens is 354 g/mol. The Balaban J connectivity index is 1.81. The molecule has 1 aromatic heterocycles. The first-order valence-corrected chi connectivity index (χ1v) is 9.68. The van der Waals surface area contributed by atoms with Gasteiger partial charge in [-0.25, -0.2) is 4.98 Å². The van der Waals surface area contributed by atoms with E-state index in [2.05, 4.69) is 22.2 Å². The molecule has 0 bridgehead atoms. The minimum atomic E-state index is -0.130. The molecule has 1 heterocycles. The molecule has 6 heteroatoms. The van der Waals surface area contributed by atoms with Crippen molar-refractivity contribution in [2.75, 3.05) is 13.2 Å². The molecule has 0 amide bonds. The van der Waals surface area contributed by atoms with E-state index in [1.54, 1.807) is 6.07 Å². The second-order valence-electron chi connectivity index (χ2n) is 6.65. The smallest absolute Gasteiger partial charge is 0.258 e. The first-order chi connectivity index (χ1) is 13.5. The Bertz CT molecular complexity index is 1000. The Morgan fingerprint density at radius 2 is 1.71 bits per heavy atom. The monoisotopic (exact) mass is 381 g/mol. The van der Waals surface area contributed by atoms with Gasteiger partial charge in [0, 0.05) is 6.04 Å². The van der Waals surface area contributed by atoms with Crippen LogP contribution in [0.1, 0.15) is 51.2 Å². The lowest BCUT2D eigenvalue weighted by atomic mass is 10.1. The Kier molecular flexibility index (Phi) is 6.31. The molecule has 6 nitrogen and oxygen atoms in total. The van der Waals surface area contributed by atoms with Gasteiger partial charge in [-0.05, 0) is 57.5 Å². The summed E-state index contributed by atoms with van der Waals surface area (Å²) >= 11 is 0. The first kappa shape index (κ1) is 19.9. The van der Waals surface area contributed by atoms with Crippen LogP contribution < -0.4 is 20.3 Å². The quantitative estimate of drug-likeness (QED) is 0.613. The van der Waals surface area contributed by atoms with Crippen LogP contribution in [-0.2, 0) is 0 Å². The van der Waals surface area contributed by atoms with Crippen molar-refractivity contribution in [2.24, 2.45) is 0 Å². The van der Waals surface area contributed by atoms with Gasteiger partial charge in [0.05, 0.1) is 30.2 Å². The average molecular weight is 381 g/mol. The zero-order valence-electron chi connectivity index (χ0n) is 16.8. The van der Waals surface area contributed by atoms with Crippen LogP contribution in [0.4, 0.5) is 0 Å². The molecule has 2 N–H and O–H groups in total. The van der Waals surface area contributed by atoms with E-state index in [0.717, 1.165) is 17.1 Å². The molecule has 3 aromatic rings. The van der Waals surface area contributed by atoms with Crippen LogP contribution in [0.2, 0.25) is 0 Å². The van der Waals surface area contributed by atoms with Gasteiger partial charge in [0.2, 0.25) is 0 Å². The van der Waals surface area contributed by atoms with E-state index in [4.69, 9.17) is 9.47 Å². The molecule has 0 spiro atoms. The second-order valence-corrected chi connectivity index (χ2v) is 6.65. The van der Waals surface area contributed by atoms with E-state index < -0.39 is 0 Å². The molecule has 2 atom stereocenters. The van der Waals surface area contributed by atoms with Crippen LogP contribution in [0.25, 0.3) is 10.9 Å². The lowest BCUT2D eigenvalue weighted by Crippen LogP contribution is -2.26. The number of fused-ring (bicyclic) bond motifs is 1. The lowest BCUT2D eigenvalue weighted by molar-refractivity contribution is 0.287. The zero-order valence-corrected chi connectivity index (χ0v) is 16.8. The lowest BCUT2D eigenvalue weighted by Gasteiger charge is -2.21. The van der Waals surface area contributed by atoms with E-state index in [0.29, 0.717) is 29.9 Å². The fraction of sp³-hybridized carbons (Fsp3) is 0.364. The van der Waals surface area contributed by atoms with E-state index >= 15 is 0 Å². The van der Waals surface area contributed by atoms with Crippen molar-refractivity contribution in [1.29, 1.82) is 0 Å². The first-order valence-electron chi connectivity index (χ1n) is 9.68. The van der Waals surface area contributed by atoms with E-state index in [9.17, 15) is 4.79 Å². The van der Waals surface area contributed by atoms with Gasteiger partial charge in [-0.2, -0.15) is 0 Å². The van der Waals surface area contributed by atoms with Crippen molar-refractivity contribution in [3.8, 4) is 11.5 Å². The number of benzene rings is 2. The summed E-state index contributed by atoms with van der Waals surface area (Å²) < 4.78 is 11.4. The highest BCUT2D eigenvalue weighted by molar-refractivity contribution is 5.77. The third-order valence-electron chi connectivity index (χ3n) is 4.61. The number of rotatable bonds is 8. The van der Waals surface area contributed by atoms with E-state index in [1.165, 1.54) is 0 Å². The van der Waals surface area contributed by atoms with Crippen molar-refractivity contribution in [3.05, 3.63) is 64.2 Å². The summed E-state index contributed by atoms with van der Waals surface area (Å²) in [6.45, 7) is 9.12. The standard InChI is InChI=1S/C22H27N3O3/c1-5-27-19-12-11-16(13-20(19)28-6-2)14(3)23-15(4)21-24-18-10-8-7-9-17(18)22(26)25-21/h7-15,23H,5-6H2,1-4H3,(H,24,25,26)/t14-,15-/m0/s1. The number of ether oxygens (including phenoxy) is 2. The van der Waals surface area contributed by atoms with E-state index in [-0.39, 0.29) is 17.6 Å². The van der Waals surface area contributed by atoms with Gasteiger partial charge in [-0.1, -0.05) is 18.2 Å². The van der Waals surface area contributed by atoms with Crippen molar-refractivity contribution < 1.29 is 9.47 Å². The largest absolute Gasteiger partial charge is 0.490 e. The Morgan fingerprint density at radius 3 is 2.46 bits per heavy atom. The maximum absolute atomic E-state index is 12.3. The highest BCUT2D eigenvalue weighted by Gasteiger charge is 2.16. The van der Waals surface area contributed by atoms with Gasteiger partial charge in [-0.15, -0.1) is 0 Å². The highest BCUT2D eigenvalue weighted by atomic mass is 16.5. The normalized spacial score (nSPS) is 13.3. The summed E-state index contributed by atoms with van der Waals surface area (Å²) in [5.74, 6) is 2.10. The molecule has 0 radical (unpaired) electrons. The molecule has 3 rings (SSSR count). The molecule has 0 aliphatic rings. The molecule has 2 aromatic carbocycles. The molecule has 0 aliphatic carbocycles. The maximum Gasteiger partial charge on any atom is 0.258 e. The van der Waals surface area contributed by atoms with Crippen LogP contribution in [0.15, 0.2) is 47.3 Å². The molecule has 0 fully saturated rings. The fourth-order valence-corrected chi connectivity index (χ4v) is 3.20. The maximum atomic E-state index is 12.3. The summed E-state index contributed by atoms with van der Waals surface area (Å²) in [6.07, 6.45) is 0. The predicted octanol–water partition coefficient (Wildman–Crippen LogP) is 4.13. The van der Waals surface area contributed by atoms with Gasteiger partial charge >= 0.3 is 0 Å². The summed E-state index contributed by atoms with van der Waals surface area (Å²) in [5.41, 5.74) is 1.64. The summed E-state index contributed by atoms with van der Waals surface area (Å²) in [7, 11) is 0. The fourth-order valence-electron chi connectivity index (χ4n) is 3.20. The van der Waals surface area contributed by atoms with E-state index in [1.807, 2.05) is 57.2 Å². The molecule has 28 heavy (non-hydrogen) atoms. The minimum absolute atomic E-state index is 0.0293. The van der Waals surface area contributed by atoms with Crippen LogP contribution in [0.3, 0.4) is 0 Å². The summed E-state index contributed by atoms with van der Waals surface area (Å²) in [5, 5.41) is 4.09. The van der Waals surface area contributed by atoms with Gasteiger partial charge in [0.1, 0.15) is 5.82 Å². The average Bonchev–Trinajstić information content (AvgIpc) is 2.69. The van der Waals surface area contributed by atoms with Gasteiger partial charge in [-0.3, -0.25) is 4.79 Å². The van der Waals surface area contributed by atoms with Gasteiger partial charge < -0.3 is 19.8 Å². The number of nitrogens with zero attached hydrogens (tertiary/aromatic N) is 1. The molecule has 0 saturated carbocycles. The third-order valence-corrected chi connectivity index (χ3v) is 4.61. The number of hydrogen-bond donors (Lipinski definition) is 2. The van der Waals surface area contributed by atoms with Crippen molar-refractivity contribution >= 4 is 10.9 Å². The number of aromatic amines is 1. The van der Waals surface area contributed by atoms with Crippen molar-refractivity contribution in [2.45, 2.75) is 39.8 Å². The molecule has 0 saturated heterocycles. The number of hydrogen-bond acceptors (Lipinski definition) is 5. The topological polar surface area (TPSA) is 76.2 Å². The van der Waals surface area contributed by atoms with Gasteiger partial charge in [0.25, 0.3) is 5.56 Å². The predicted molar refractivity (Wildman–Crippen MR) is 111 cm³/mol. The molecular formula is C22H27N3O3. The highest BCUT2D eigenvalue weighted by Crippen LogP contribution is 2.31. The third kappa shape index (κ3) is 4.34. The molecule has 0 aliphatic heterocycles. The number of H-pyrrole nitrogens is 1. The van der Waals surface area contributed by atoms with Crippen molar-refractivity contribution in [1.82, 2.24) is 15.3 Å². The van der Waals surface area contributed by atoms with Crippen LogP contribution in [0, 0.1) is 0 Å². The number of aromatic nitrogens is 2. The van der Waals surface area contributed by atoms with Crippen LogP contribution in [0.5, 0.6) is 11.5 Å². The Labute approximate surface area is 164 Å². The zero-order chi connectivity index (χ0) is 20.1. The van der Waals surface area contributed by atoms with Crippen LogP contribution in [-0.4, -0.2) is 23.2 Å².